The van der Waals surface area contributed by atoms with Crippen molar-refractivity contribution in [2.24, 2.45) is 9.98 Å². The quantitative estimate of drug-likeness (QED) is 0.731. The highest BCUT2D eigenvalue weighted by Crippen LogP contribution is 2.09. The second-order valence-electron chi connectivity index (χ2n) is 3.88. The van der Waals surface area contributed by atoms with Crippen LogP contribution in [-0.4, -0.2) is 25.5 Å². The Morgan fingerprint density at radius 2 is 0.944 bits per heavy atom. The summed E-state index contributed by atoms with van der Waals surface area (Å²) < 4.78 is 0. The van der Waals surface area contributed by atoms with Crippen LogP contribution in [-0.2, 0) is 0 Å². The van der Waals surface area contributed by atoms with Crippen LogP contribution in [0.4, 0.5) is 0 Å². The molecule has 0 aliphatic carbocycles. The summed E-state index contributed by atoms with van der Waals surface area (Å²) in [4.78, 5) is 8.78. The van der Waals surface area contributed by atoms with Gasteiger partial charge in [0, 0.05) is 25.2 Å². The smallest absolute Gasteiger partial charge is 0.0901 e. The Hall–Kier alpha value is -2.22. The Labute approximate surface area is 108 Å². The van der Waals surface area contributed by atoms with E-state index in [1.165, 1.54) is 0 Å². The molecule has 0 aromatic heterocycles. The molecule has 0 N–H and O–H groups in total. The number of nitrogens with zero attached hydrogens (tertiary/aromatic N) is 2. The Bertz CT molecular complexity index is 501. The first-order chi connectivity index (χ1) is 8.86. The molecule has 0 saturated heterocycles. The Morgan fingerprint density at radius 3 is 1.22 bits per heavy atom. The largest absolute Gasteiger partial charge is 0.286 e. The predicted octanol–water partition coefficient (Wildman–Crippen LogP) is 3.22. The zero-order chi connectivity index (χ0) is 12.8. The molecule has 0 radical (unpaired) electrons. The average Bonchev–Trinajstić information content (AvgIpc) is 2.46. The van der Waals surface area contributed by atoms with Crippen molar-refractivity contribution in [1.82, 2.24) is 0 Å². The van der Waals surface area contributed by atoms with Crippen LogP contribution in [0.25, 0.3) is 0 Å². The number of aliphatic imine (C=N–C) groups is 2. The zero-order valence-electron chi connectivity index (χ0n) is 10.7. The summed E-state index contributed by atoms with van der Waals surface area (Å²) in [6, 6.07) is 20.3. The van der Waals surface area contributed by atoms with Gasteiger partial charge in [-0.3, -0.25) is 9.98 Å². The molecular weight excluding hydrogens is 220 g/mol. The third kappa shape index (κ3) is 2.54. The van der Waals surface area contributed by atoms with Gasteiger partial charge in [0.05, 0.1) is 11.4 Å². The normalized spacial score (nSPS) is 12.6. The van der Waals surface area contributed by atoms with E-state index in [-0.39, 0.29) is 0 Å². The highest BCUT2D eigenvalue weighted by atomic mass is 14.8. The fourth-order valence-electron chi connectivity index (χ4n) is 1.94. The number of benzene rings is 2. The monoisotopic (exact) mass is 236 g/mol. The predicted molar refractivity (Wildman–Crippen MR) is 77.8 cm³/mol. The van der Waals surface area contributed by atoms with Gasteiger partial charge in [-0.05, 0) is 0 Å². The lowest BCUT2D eigenvalue weighted by Crippen LogP contribution is -2.17. The topological polar surface area (TPSA) is 24.7 Å². The van der Waals surface area contributed by atoms with Gasteiger partial charge >= 0.3 is 0 Å². The van der Waals surface area contributed by atoms with Crippen LogP contribution >= 0.6 is 0 Å². The van der Waals surface area contributed by atoms with E-state index in [4.69, 9.17) is 0 Å². The van der Waals surface area contributed by atoms with Crippen LogP contribution in [0.1, 0.15) is 11.1 Å². The highest BCUT2D eigenvalue weighted by Gasteiger charge is 2.11. The van der Waals surface area contributed by atoms with Crippen molar-refractivity contribution in [2.75, 3.05) is 14.1 Å². The van der Waals surface area contributed by atoms with E-state index in [1.54, 1.807) is 14.1 Å². The van der Waals surface area contributed by atoms with Crippen molar-refractivity contribution in [3.05, 3.63) is 71.8 Å². The van der Waals surface area contributed by atoms with Crippen molar-refractivity contribution in [2.45, 2.75) is 0 Å². The number of hydrogen-bond donors (Lipinski definition) is 0. The van der Waals surface area contributed by atoms with E-state index in [1.807, 2.05) is 36.4 Å². The summed E-state index contributed by atoms with van der Waals surface area (Å²) in [5, 5.41) is 0. The van der Waals surface area contributed by atoms with Crippen LogP contribution in [0.3, 0.4) is 0 Å². The van der Waals surface area contributed by atoms with Gasteiger partial charge in [-0.1, -0.05) is 60.7 Å². The van der Waals surface area contributed by atoms with Gasteiger partial charge in [-0.2, -0.15) is 0 Å². The summed E-state index contributed by atoms with van der Waals surface area (Å²) >= 11 is 0. The third-order valence-electron chi connectivity index (χ3n) is 2.77. The molecule has 0 fully saturated rings. The van der Waals surface area contributed by atoms with E-state index in [2.05, 4.69) is 34.3 Å². The molecule has 90 valence electrons. The van der Waals surface area contributed by atoms with Gasteiger partial charge in [0.15, 0.2) is 0 Å². The van der Waals surface area contributed by atoms with E-state index < -0.39 is 0 Å². The first-order valence-electron chi connectivity index (χ1n) is 5.91. The molecule has 2 rings (SSSR count). The maximum absolute atomic E-state index is 4.39. The molecule has 0 aliphatic heterocycles. The second kappa shape index (κ2) is 5.92. The van der Waals surface area contributed by atoms with Crippen molar-refractivity contribution in [1.29, 1.82) is 0 Å². The fraction of sp³-hybridized carbons (Fsp3) is 0.125. The minimum Gasteiger partial charge on any atom is -0.286 e. The Kier molecular flexibility index (Phi) is 4.02. The minimum atomic E-state index is 0.921. The van der Waals surface area contributed by atoms with Crippen molar-refractivity contribution in [3.8, 4) is 0 Å². The van der Waals surface area contributed by atoms with Gasteiger partial charge < -0.3 is 0 Å². The first-order valence-corrected chi connectivity index (χ1v) is 5.91. The molecule has 2 nitrogen and oxygen atoms in total. The van der Waals surface area contributed by atoms with Crippen LogP contribution in [0, 0.1) is 0 Å². The molecule has 0 saturated carbocycles. The molecule has 0 atom stereocenters. The lowest BCUT2D eigenvalue weighted by Gasteiger charge is -2.09. The van der Waals surface area contributed by atoms with Gasteiger partial charge in [0.2, 0.25) is 0 Å². The molecule has 0 spiro atoms. The van der Waals surface area contributed by atoms with Crippen molar-refractivity contribution >= 4 is 11.4 Å². The molecule has 2 aromatic carbocycles. The Balaban J connectivity index is 2.45. The molecule has 2 heteroatoms. The minimum absolute atomic E-state index is 0.921. The number of rotatable bonds is 3. The first kappa shape index (κ1) is 12.2. The molecule has 0 unspecified atom stereocenters. The van der Waals surface area contributed by atoms with Crippen LogP contribution in [0.2, 0.25) is 0 Å². The van der Waals surface area contributed by atoms with Gasteiger partial charge in [-0.15, -0.1) is 0 Å². The summed E-state index contributed by atoms with van der Waals surface area (Å²) in [5.41, 5.74) is 4.02. The lowest BCUT2D eigenvalue weighted by molar-refractivity contribution is 1.40. The number of hydrogen-bond acceptors (Lipinski definition) is 2. The van der Waals surface area contributed by atoms with Crippen LogP contribution in [0.5, 0.6) is 0 Å². The SMILES string of the molecule is CN=C(C(=NC)c1ccccc1)c1ccccc1. The molecular formula is C16H16N2. The second-order valence-corrected chi connectivity index (χ2v) is 3.88. The standard InChI is InChI=1S/C16H16N2/c1-17-15(13-9-5-3-6-10-13)16(18-2)14-11-7-4-8-12-14/h3-12H,1-2H3. The van der Waals surface area contributed by atoms with Gasteiger partial charge in [0.25, 0.3) is 0 Å². The highest BCUT2D eigenvalue weighted by molar-refractivity contribution is 6.53. The lowest BCUT2D eigenvalue weighted by atomic mass is 10.00. The molecule has 18 heavy (non-hydrogen) atoms. The molecule has 0 amide bonds. The van der Waals surface area contributed by atoms with Crippen molar-refractivity contribution in [3.63, 3.8) is 0 Å². The third-order valence-corrected chi connectivity index (χ3v) is 2.77. The maximum atomic E-state index is 4.39. The van der Waals surface area contributed by atoms with E-state index in [0.717, 1.165) is 22.6 Å². The summed E-state index contributed by atoms with van der Waals surface area (Å²) in [6.45, 7) is 0. The summed E-state index contributed by atoms with van der Waals surface area (Å²) in [6.07, 6.45) is 0. The van der Waals surface area contributed by atoms with E-state index in [9.17, 15) is 0 Å². The van der Waals surface area contributed by atoms with E-state index in [0.29, 0.717) is 0 Å². The summed E-state index contributed by atoms with van der Waals surface area (Å²) in [5.74, 6) is 0. The molecule has 0 bridgehead atoms. The fourth-order valence-corrected chi connectivity index (χ4v) is 1.94. The van der Waals surface area contributed by atoms with Crippen LogP contribution < -0.4 is 0 Å². The van der Waals surface area contributed by atoms with E-state index >= 15 is 0 Å². The van der Waals surface area contributed by atoms with Gasteiger partial charge in [0.1, 0.15) is 0 Å². The van der Waals surface area contributed by atoms with Crippen LogP contribution in [0.15, 0.2) is 70.6 Å². The maximum Gasteiger partial charge on any atom is 0.0901 e. The zero-order valence-corrected chi connectivity index (χ0v) is 10.7. The van der Waals surface area contributed by atoms with Gasteiger partial charge in [-0.25, -0.2) is 0 Å². The summed E-state index contributed by atoms with van der Waals surface area (Å²) in [7, 11) is 3.60. The Morgan fingerprint density at radius 1 is 0.611 bits per heavy atom. The van der Waals surface area contributed by atoms with Crippen molar-refractivity contribution < 1.29 is 0 Å². The molecule has 0 heterocycles. The average molecular weight is 236 g/mol. The molecule has 2 aromatic rings. The molecule has 0 aliphatic rings.